The second-order valence-corrected chi connectivity index (χ2v) is 7.01. The number of anilines is 1. The summed E-state index contributed by atoms with van der Waals surface area (Å²) in [6, 6.07) is 8.67. The van der Waals surface area contributed by atoms with Gasteiger partial charge in [-0.25, -0.2) is 9.97 Å². The Morgan fingerprint density at radius 1 is 1.18 bits per heavy atom. The molecular formula is C17H18ClN3S. The summed E-state index contributed by atoms with van der Waals surface area (Å²) in [4.78, 5) is 10.6. The molecule has 22 heavy (non-hydrogen) atoms. The zero-order valence-corrected chi connectivity index (χ0v) is 14.4. The molecule has 114 valence electrons. The number of fused-ring (bicyclic) bond motifs is 1. The Labute approximate surface area is 139 Å². The van der Waals surface area contributed by atoms with Crippen molar-refractivity contribution in [3.63, 3.8) is 0 Å². The third-order valence-corrected chi connectivity index (χ3v) is 5.21. The number of nitrogens with two attached hydrogens (primary N) is 1. The number of nitrogen functional groups attached to an aromatic ring is 1. The Morgan fingerprint density at radius 2 is 1.86 bits per heavy atom. The van der Waals surface area contributed by atoms with Crippen LogP contribution in [-0.4, -0.2) is 9.97 Å². The minimum Gasteiger partial charge on any atom is -0.383 e. The molecule has 0 bridgehead atoms. The molecule has 0 spiro atoms. The first-order valence-corrected chi connectivity index (χ1v) is 8.55. The summed E-state index contributed by atoms with van der Waals surface area (Å²) in [5, 5.41) is 1.12. The van der Waals surface area contributed by atoms with E-state index in [2.05, 4.69) is 55.0 Å². The van der Waals surface area contributed by atoms with Crippen LogP contribution in [0.15, 0.2) is 24.3 Å². The zero-order chi connectivity index (χ0) is 15.9. The maximum Gasteiger partial charge on any atom is 0.225 e. The average Bonchev–Trinajstić information content (AvgIpc) is 2.85. The number of rotatable bonds is 3. The van der Waals surface area contributed by atoms with Crippen molar-refractivity contribution in [2.24, 2.45) is 0 Å². The van der Waals surface area contributed by atoms with E-state index in [9.17, 15) is 0 Å². The fourth-order valence-corrected chi connectivity index (χ4v) is 4.00. The second-order valence-electron chi connectivity index (χ2n) is 5.59. The van der Waals surface area contributed by atoms with Gasteiger partial charge in [0.15, 0.2) is 0 Å². The quantitative estimate of drug-likeness (QED) is 0.664. The van der Waals surface area contributed by atoms with Gasteiger partial charge in [-0.2, -0.15) is 0 Å². The van der Waals surface area contributed by atoms with E-state index < -0.39 is 0 Å². The van der Waals surface area contributed by atoms with Crippen LogP contribution in [-0.2, 0) is 6.42 Å². The summed E-state index contributed by atoms with van der Waals surface area (Å²) in [7, 11) is 0. The standard InChI is InChI=1S/C17H18ClN3S/c1-4-12-13(11-7-5-10(6-8-11)9(2)3)14-15(19)20-17(18)21-16(14)22-12/h5-9H,4H2,1-3H3,(H2,19,20,21). The van der Waals surface area contributed by atoms with Crippen LogP contribution in [0.2, 0.25) is 5.28 Å². The highest BCUT2D eigenvalue weighted by Gasteiger charge is 2.18. The predicted molar refractivity (Wildman–Crippen MR) is 95.7 cm³/mol. The van der Waals surface area contributed by atoms with Crippen LogP contribution < -0.4 is 5.73 Å². The van der Waals surface area contributed by atoms with Gasteiger partial charge in [-0.3, -0.25) is 0 Å². The SMILES string of the molecule is CCc1sc2nc(Cl)nc(N)c2c1-c1ccc(C(C)C)cc1. The Kier molecular flexibility index (Phi) is 4.06. The molecule has 0 aliphatic rings. The van der Waals surface area contributed by atoms with Crippen molar-refractivity contribution >= 4 is 39.0 Å². The van der Waals surface area contributed by atoms with Gasteiger partial charge in [0.2, 0.25) is 5.28 Å². The Bertz CT molecular complexity index is 822. The molecule has 2 N–H and O–H groups in total. The first-order chi connectivity index (χ1) is 10.5. The van der Waals surface area contributed by atoms with Gasteiger partial charge < -0.3 is 5.73 Å². The van der Waals surface area contributed by atoms with E-state index in [1.165, 1.54) is 10.4 Å². The molecule has 3 aromatic rings. The summed E-state index contributed by atoms with van der Waals surface area (Å²) < 4.78 is 0. The lowest BCUT2D eigenvalue weighted by Crippen LogP contribution is -1.94. The largest absolute Gasteiger partial charge is 0.383 e. The van der Waals surface area contributed by atoms with Crippen molar-refractivity contribution in [2.45, 2.75) is 33.1 Å². The van der Waals surface area contributed by atoms with E-state index in [1.54, 1.807) is 11.3 Å². The smallest absolute Gasteiger partial charge is 0.225 e. The maximum absolute atomic E-state index is 6.11. The van der Waals surface area contributed by atoms with Gasteiger partial charge in [-0.1, -0.05) is 45.0 Å². The van der Waals surface area contributed by atoms with Crippen LogP contribution in [0.3, 0.4) is 0 Å². The van der Waals surface area contributed by atoms with Crippen molar-refractivity contribution in [1.82, 2.24) is 9.97 Å². The molecule has 0 aliphatic carbocycles. The molecule has 0 saturated carbocycles. The van der Waals surface area contributed by atoms with Crippen molar-refractivity contribution in [2.75, 3.05) is 5.73 Å². The second kappa shape index (κ2) is 5.86. The topological polar surface area (TPSA) is 51.8 Å². The van der Waals surface area contributed by atoms with Gasteiger partial charge in [0.1, 0.15) is 10.6 Å². The Balaban J connectivity index is 2.24. The van der Waals surface area contributed by atoms with E-state index in [0.29, 0.717) is 11.7 Å². The van der Waals surface area contributed by atoms with Gasteiger partial charge in [0.05, 0.1) is 5.39 Å². The minimum absolute atomic E-state index is 0.204. The Hall–Kier alpha value is -1.65. The van der Waals surface area contributed by atoms with Crippen LogP contribution in [0.25, 0.3) is 21.3 Å². The molecule has 0 fully saturated rings. The zero-order valence-electron chi connectivity index (χ0n) is 12.9. The van der Waals surface area contributed by atoms with E-state index in [0.717, 1.165) is 27.8 Å². The van der Waals surface area contributed by atoms with Crippen LogP contribution >= 0.6 is 22.9 Å². The molecule has 5 heteroatoms. The minimum atomic E-state index is 0.204. The van der Waals surface area contributed by atoms with Gasteiger partial charge in [-0.15, -0.1) is 11.3 Å². The first kappa shape index (κ1) is 15.3. The number of nitrogens with zero attached hydrogens (tertiary/aromatic N) is 2. The number of benzene rings is 1. The summed E-state index contributed by atoms with van der Waals surface area (Å²) in [6.07, 6.45) is 0.930. The third kappa shape index (κ3) is 2.57. The molecule has 0 amide bonds. The highest BCUT2D eigenvalue weighted by Crippen LogP contribution is 2.41. The molecule has 2 aromatic heterocycles. The third-order valence-electron chi connectivity index (χ3n) is 3.81. The number of aryl methyl sites for hydroxylation is 1. The number of hydrogen-bond acceptors (Lipinski definition) is 4. The molecule has 0 unspecified atom stereocenters. The maximum atomic E-state index is 6.11. The summed E-state index contributed by atoms with van der Waals surface area (Å²) in [5.41, 5.74) is 9.74. The molecule has 2 heterocycles. The lowest BCUT2D eigenvalue weighted by molar-refractivity contribution is 0.867. The summed E-state index contributed by atoms with van der Waals surface area (Å²) >= 11 is 7.58. The fourth-order valence-electron chi connectivity index (χ4n) is 2.63. The lowest BCUT2D eigenvalue weighted by Gasteiger charge is -2.08. The molecule has 0 radical (unpaired) electrons. The van der Waals surface area contributed by atoms with Gasteiger partial charge in [0, 0.05) is 10.4 Å². The van der Waals surface area contributed by atoms with E-state index in [1.807, 2.05) is 0 Å². The average molecular weight is 332 g/mol. The predicted octanol–water partition coefficient (Wildman–Crippen LogP) is 5.28. The van der Waals surface area contributed by atoms with Crippen LogP contribution in [0.1, 0.15) is 37.1 Å². The molecule has 3 rings (SSSR count). The summed E-state index contributed by atoms with van der Waals surface area (Å²) in [6.45, 7) is 6.53. The molecular weight excluding hydrogens is 314 g/mol. The molecule has 0 saturated heterocycles. The fraction of sp³-hybridized carbons (Fsp3) is 0.294. The number of aromatic nitrogens is 2. The van der Waals surface area contributed by atoms with Crippen molar-refractivity contribution < 1.29 is 0 Å². The Morgan fingerprint density at radius 3 is 2.45 bits per heavy atom. The summed E-state index contributed by atoms with van der Waals surface area (Å²) in [5.74, 6) is 0.972. The normalized spacial score (nSPS) is 11.5. The van der Waals surface area contributed by atoms with Crippen molar-refractivity contribution in [3.05, 3.63) is 40.0 Å². The number of halogens is 1. The van der Waals surface area contributed by atoms with E-state index in [-0.39, 0.29) is 5.28 Å². The number of hydrogen-bond donors (Lipinski definition) is 1. The van der Waals surface area contributed by atoms with Crippen LogP contribution in [0.5, 0.6) is 0 Å². The van der Waals surface area contributed by atoms with E-state index >= 15 is 0 Å². The van der Waals surface area contributed by atoms with Crippen molar-refractivity contribution in [3.8, 4) is 11.1 Å². The first-order valence-electron chi connectivity index (χ1n) is 7.36. The van der Waals surface area contributed by atoms with Gasteiger partial charge in [-0.05, 0) is 35.1 Å². The van der Waals surface area contributed by atoms with Crippen LogP contribution in [0.4, 0.5) is 5.82 Å². The molecule has 0 aliphatic heterocycles. The highest BCUT2D eigenvalue weighted by molar-refractivity contribution is 7.19. The molecule has 0 atom stereocenters. The number of thiophene rings is 1. The van der Waals surface area contributed by atoms with Gasteiger partial charge >= 0.3 is 0 Å². The van der Waals surface area contributed by atoms with E-state index in [4.69, 9.17) is 17.3 Å². The lowest BCUT2D eigenvalue weighted by atomic mass is 9.97. The highest BCUT2D eigenvalue weighted by atomic mass is 35.5. The van der Waals surface area contributed by atoms with Crippen molar-refractivity contribution in [1.29, 1.82) is 0 Å². The van der Waals surface area contributed by atoms with Gasteiger partial charge in [0.25, 0.3) is 0 Å². The van der Waals surface area contributed by atoms with Crippen LogP contribution in [0, 0.1) is 0 Å². The molecule has 1 aromatic carbocycles. The molecule has 3 nitrogen and oxygen atoms in total. The monoisotopic (exact) mass is 331 g/mol.